The molecule has 1 atom stereocenters. The summed E-state index contributed by atoms with van der Waals surface area (Å²) in [6.07, 6.45) is 4.98. The largest absolute Gasteiger partial charge is 0.441 e. The Morgan fingerprint density at radius 2 is 2.26 bits per heavy atom. The van der Waals surface area contributed by atoms with Gasteiger partial charge in [-0.1, -0.05) is 19.3 Å². The van der Waals surface area contributed by atoms with Crippen molar-refractivity contribution in [2.45, 2.75) is 38.6 Å². The molecule has 1 amide bonds. The van der Waals surface area contributed by atoms with Crippen LogP contribution < -0.4 is 0 Å². The van der Waals surface area contributed by atoms with Gasteiger partial charge < -0.3 is 14.1 Å². The molecule has 1 unspecified atom stereocenters. The van der Waals surface area contributed by atoms with Crippen LogP contribution in [0.15, 0.2) is 22.6 Å². The summed E-state index contributed by atoms with van der Waals surface area (Å²) >= 11 is 0. The van der Waals surface area contributed by atoms with Crippen LogP contribution >= 0.6 is 0 Å². The molecule has 2 heterocycles. The summed E-state index contributed by atoms with van der Waals surface area (Å²) in [7, 11) is 0. The molecule has 1 aliphatic carbocycles. The quantitative estimate of drug-likeness (QED) is 0.873. The molecule has 2 aromatic rings. The summed E-state index contributed by atoms with van der Waals surface area (Å²) in [4.78, 5) is 19.3. The van der Waals surface area contributed by atoms with Gasteiger partial charge in [-0.2, -0.15) is 0 Å². The molecule has 1 aromatic carbocycles. The molecule has 5 heteroatoms. The molecule has 0 bridgehead atoms. The highest BCUT2D eigenvalue weighted by Gasteiger charge is 2.32. The van der Waals surface area contributed by atoms with Crippen molar-refractivity contribution >= 4 is 17.0 Å². The van der Waals surface area contributed by atoms with Crippen LogP contribution in [0.5, 0.6) is 0 Å². The van der Waals surface area contributed by atoms with Gasteiger partial charge in [0.15, 0.2) is 11.5 Å². The molecule has 2 fully saturated rings. The van der Waals surface area contributed by atoms with Gasteiger partial charge in [0.2, 0.25) is 0 Å². The minimum absolute atomic E-state index is 0.0835. The van der Waals surface area contributed by atoms with Crippen LogP contribution in [-0.4, -0.2) is 41.6 Å². The number of carbonyl (C=O) groups excluding carboxylic acids is 1. The zero-order valence-corrected chi connectivity index (χ0v) is 13.5. The van der Waals surface area contributed by atoms with Crippen LogP contribution in [0.3, 0.4) is 0 Å². The fourth-order valence-electron chi connectivity index (χ4n) is 3.57. The third-order valence-corrected chi connectivity index (χ3v) is 5.06. The SMILES string of the molecule is Cc1nc2cc(C(=O)N3CCOCC3CC3CCC3)ccc2o1. The van der Waals surface area contributed by atoms with Gasteiger partial charge in [-0.3, -0.25) is 4.79 Å². The minimum Gasteiger partial charge on any atom is -0.441 e. The second-order valence-corrected chi connectivity index (χ2v) is 6.68. The highest BCUT2D eigenvalue weighted by molar-refractivity contribution is 5.97. The molecule has 1 aromatic heterocycles. The Balaban J connectivity index is 1.56. The number of ether oxygens (including phenoxy) is 1. The van der Waals surface area contributed by atoms with Gasteiger partial charge in [-0.15, -0.1) is 0 Å². The lowest BCUT2D eigenvalue weighted by atomic mass is 9.80. The van der Waals surface area contributed by atoms with Gasteiger partial charge in [-0.05, 0) is 30.5 Å². The highest BCUT2D eigenvalue weighted by Crippen LogP contribution is 2.32. The van der Waals surface area contributed by atoms with E-state index in [2.05, 4.69) is 4.98 Å². The van der Waals surface area contributed by atoms with Gasteiger partial charge in [-0.25, -0.2) is 4.98 Å². The lowest BCUT2D eigenvalue weighted by Crippen LogP contribution is -2.49. The number of fused-ring (bicyclic) bond motifs is 1. The van der Waals surface area contributed by atoms with E-state index in [4.69, 9.17) is 9.15 Å². The van der Waals surface area contributed by atoms with Crippen molar-refractivity contribution in [1.82, 2.24) is 9.88 Å². The van der Waals surface area contributed by atoms with E-state index in [0.717, 1.165) is 23.4 Å². The first-order chi connectivity index (χ1) is 11.2. The zero-order chi connectivity index (χ0) is 15.8. The third-order valence-electron chi connectivity index (χ3n) is 5.06. The lowest BCUT2D eigenvalue weighted by molar-refractivity contribution is -0.0124. The number of amides is 1. The molecule has 5 nitrogen and oxygen atoms in total. The van der Waals surface area contributed by atoms with Crippen LogP contribution in [0.1, 0.15) is 41.9 Å². The van der Waals surface area contributed by atoms with E-state index in [1.54, 1.807) is 0 Å². The Morgan fingerprint density at radius 3 is 3.04 bits per heavy atom. The maximum Gasteiger partial charge on any atom is 0.254 e. The number of morpholine rings is 1. The molecule has 4 rings (SSSR count). The Kier molecular flexibility index (Phi) is 3.81. The third kappa shape index (κ3) is 2.85. The molecule has 0 spiro atoms. The van der Waals surface area contributed by atoms with Crippen molar-refractivity contribution in [1.29, 1.82) is 0 Å². The summed E-state index contributed by atoms with van der Waals surface area (Å²) in [5, 5.41) is 0. The number of rotatable bonds is 3. The van der Waals surface area contributed by atoms with Crippen LogP contribution in [-0.2, 0) is 4.74 Å². The van der Waals surface area contributed by atoms with Crippen molar-refractivity contribution in [3.63, 3.8) is 0 Å². The summed E-state index contributed by atoms with van der Waals surface area (Å²) in [5.74, 6) is 1.47. The van der Waals surface area contributed by atoms with Gasteiger partial charge in [0.1, 0.15) is 5.52 Å². The van der Waals surface area contributed by atoms with Gasteiger partial charge in [0.05, 0.1) is 19.3 Å². The Bertz CT molecular complexity index is 720. The fourth-order valence-corrected chi connectivity index (χ4v) is 3.57. The molecule has 122 valence electrons. The summed E-state index contributed by atoms with van der Waals surface area (Å²) in [6.45, 7) is 3.77. The van der Waals surface area contributed by atoms with Crippen LogP contribution in [0.4, 0.5) is 0 Å². The second kappa shape index (κ2) is 5.96. The molecular weight excluding hydrogens is 292 g/mol. The van der Waals surface area contributed by atoms with Gasteiger partial charge in [0.25, 0.3) is 5.91 Å². The highest BCUT2D eigenvalue weighted by atomic mass is 16.5. The summed E-state index contributed by atoms with van der Waals surface area (Å²) in [6, 6.07) is 5.72. The Labute approximate surface area is 135 Å². The van der Waals surface area contributed by atoms with E-state index in [9.17, 15) is 4.79 Å². The van der Waals surface area contributed by atoms with E-state index in [0.29, 0.717) is 31.2 Å². The maximum atomic E-state index is 13.0. The van der Waals surface area contributed by atoms with Gasteiger partial charge in [0, 0.05) is 19.0 Å². The second-order valence-electron chi connectivity index (χ2n) is 6.68. The van der Waals surface area contributed by atoms with Crippen molar-refractivity contribution in [3.8, 4) is 0 Å². The van der Waals surface area contributed by atoms with E-state index in [-0.39, 0.29) is 11.9 Å². The maximum absolute atomic E-state index is 13.0. The first-order valence-corrected chi connectivity index (χ1v) is 8.46. The predicted octanol–water partition coefficient (Wildman–Crippen LogP) is 3.17. The number of nitrogens with zero attached hydrogens (tertiary/aromatic N) is 2. The number of hydrogen-bond acceptors (Lipinski definition) is 4. The topological polar surface area (TPSA) is 55.6 Å². The number of oxazole rings is 1. The summed E-state index contributed by atoms with van der Waals surface area (Å²) in [5.41, 5.74) is 2.16. The number of benzene rings is 1. The van der Waals surface area contributed by atoms with E-state index in [1.165, 1.54) is 19.3 Å². The van der Waals surface area contributed by atoms with E-state index < -0.39 is 0 Å². The van der Waals surface area contributed by atoms with Crippen LogP contribution in [0.2, 0.25) is 0 Å². The van der Waals surface area contributed by atoms with Crippen molar-refractivity contribution in [2.75, 3.05) is 19.8 Å². The molecule has 1 aliphatic heterocycles. The average Bonchev–Trinajstić information content (AvgIpc) is 2.89. The molecule has 23 heavy (non-hydrogen) atoms. The van der Waals surface area contributed by atoms with Crippen molar-refractivity contribution in [2.24, 2.45) is 5.92 Å². The minimum atomic E-state index is 0.0835. The van der Waals surface area contributed by atoms with Crippen molar-refractivity contribution < 1.29 is 13.9 Å². The fraction of sp³-hybridized carbons (Fsp3) is 0.556. The normalized spacial score (nSPS) is 22.3. The van der Waals surface area contributed by atoms with Gasteiger partial charge >= 0.3 is 0 Å². The number of aryl methyl sites for hydroxylation is 1. The average molecular weight is 314 g/mol. The first kappa shape index (κ1) is 14.7. The molecular formula is C18H22N2O3. The van der Waals surface area contributed by atoms with Crippen LogP contribution in [0.25, 0.3) is 11.1 Å². The molecule has 1 saturated heterocycles. The number of hydrogen-bond donors (Lipinski definition) is 0. The van der Waals surface area contributed by atoms with Crippen molar-refractivity contribution in [3.05, 3.63) is 29.7 Å². The Morgan fingerprint density at radius 1 is 1.39 bits per heavy atom. The molecule has 1 saturated carbocycles. The zero-order valence-electron chi connectivity index (χ0n) is 13.5. The standard InChI is InChI=1S/C18H22N2O3/c1-12-19-16-10-14(5-6-17(16)23-12)18(21)20-7-8-22-11-15(20)9-13-3-2-4-13/h5-6,10,13,15H,2-4,7-9,11H2,1H3. The lowest BCUT2D eigenvalue weighted by Gasteiger charge is -2.39. The van der Waals surface area contributed by atoms with E-state index >= 15 is 0 Å². The van der Waals surface area contributed by atoms with E-state index in [1.807, 2.05) is 30.0 Å². The Hall–Kier alpha value is -1.88. The molecule has 0 N–H and O–H groups in total. The smallest absolute Gasteiger partial charge is 0.254 e. The monoisotopic (exact) mass is 314 g/mol. The van der Waals surface area contributed by atoms with Crippen LogP contribution in [0, 0.1) is 12.8 Å². The predicted molar refractivity (Wildman–Crippen MR) is 86.3 cm³/mol. The summed E-state index contributed by atoms with van der Waals surface area (Å²) < 4.78 is 11.1. The number of carbonyl (C=O) groups is 1. The molecule has 2 aliphatic rings. The number of aromatic nitrogens is 1. The first-order valence-electron chi connectivity index (χ1n) is 8.46. The molecule has 0 radical (unpaired) electrons.